The number of nitrogens with zero attached hydrogens (tertiary/aromatic N) is 3. The van der Waals surface area contributed by atoms with Crippen molar-refractivity contribution in [2.24, 2.45) is 15.9 Å². The van der Waals surface area contributed by atoms with Crippen LogP contribution in [0.2, 0.25) is 0 Å². The SMILES string of the molecule is CCNC(CO)C(O)c1ccc(N2CC(CN=CC(CCNC)=NN)OC2=O)cc1. The molecule has 1 fully saturated rings. The number of nitrogens with one attached hydrogen (secondary N) is 2. The molecule has 30 heavy (non-hydrogen) atoms. The Hall–Kier alpha value is -2.53. The zero-order chi connectivity index (χ0) is 21.9. The summed E-state index contributed by atoms with van der Waals surface area (Å²) in [6.45, 7) is 3.80. The molecule has 1 saturated heterocycles. The van der Waals surface area contributed by atoms with E-state index in [0.717, 1.165) is 6.54 Å². The van der Waals surface area contributed by atoms with Gasteiger partial charge in [0.2, 0.25) is 0 Å². The number of benzene rings is 1. The van der Waals surface area contributed by atoms with Crippen LogP contribution in [0.1, 0.15) is 25.0 Å². The molecule has 0 bridgehead atoms. The molecule has 0 saturated carbocycles. The van der Waals surface area contributed by atoms with Crippen molar-refractivity contribution in [3.63, 3.8) is 0 Å². The monoisotopic (exact) mass is 420 g/mol. The highest BCUT2D eigenvalue weighted by Gasteiger charge is 2.32. The lowest BCUT2D eigenvalue weighted by atomic mass is 10.0. The van der Waals surface area contributed by atoms with E-state index in [1.54, 1.807) is 30.5 Å². The van der Waals surface area contributed by atoms with Crippen molar-refractivity contribution in [1.82, 2.24) is 10.6 Å². The van der Waals surface area contributed by atoms with Gasteiger partial charge in [-0.2, -0.15) is 5.10 Å². The first-order chi connectivity index (χ1) is 14.5. The summed E-state index contributed by atoms with van der Waals surface area (Å²) in [7, 11) is 1.85. The van der Waals surface area contributed by atoms with Crippen molar-refractivity contribution >= 4 is 23.7 Å². The molecule has 166 valence electrons. The Morgan fingerprint density at radius 3 is 2.77 bits per heavy atom. The fourth-order valence-corrected chi connectivity index (χ4v) is 3.14. The first-order valence-corrected chi connectivity index (χ1v) is 10.1. The molecule has 1 aliphatic rings. The van der Waals surface area contributed by atoms with Crippen LogP contribution in [0.3, 0.4) is 0 Å². The van der Waals surface area contributed by atoms with Crippen molar-refractivity contribution in [3.8, 4) is 0 Å². The Kier molecular flexibility index (Phi) is 9.68. The maximum Gasteiger partial charge on any atom is 0.414 e. The molecule has 1 aromatic carbocycles. The molecule has 2 rings (SSSR count). The van der Waals surface area contributed by atoms with Crippen molar-refractivity contribution in [2.45, 2.75) is 31.6 Å². The normalized spacial score (nSPS) is 19.3. The highest BCUT2D eigenvalue weighted by molar-refractivity contribution is 6.30. The van der Waals surface area contributed by atoms with Crippen LogP contribution >= 0.6 is 0 Å². The Bertz CT molecular complexity index is 725. The average Bonchev–Trinajstić information content (AvgIpc) is 3.14. The minimum atomic E-state index is -0.849. The number of hydrogen-bond donors (Lipinski definition) is 5. The molecule has 3 atom stereocenters. The topological polar surface area (TPSA) is 145 Å². The lowest BCUT2D eigenvalue weighted by molar-refractivity contribution is 0.0911. The van der Waals surface area contributed by atoms with Gasteiger partial charge in [0.05, 0.1) is 37.6 Å². The number of aliphatic hydroxyl groups is 2. The van der Waals surface area contributed by atoms with Crippen molar-refractivity contribution in [2.75, 3.05) is 44.7 Å². The number of amides is 1. The Morgan fingerprint density at radius 1 is 1.43 bits per heavy atom. The molecule has 1 amide bonds. The van der Waals surface area contributed by atoms with E-state index in [-0.39, 0.29) is 12.7 Å². The Morgan fingerprint density at radius 2 is 2.17 bits per heavy atom. The highest BCUT2D eigenvalue weighted by atomic mass is 16.6. The summed E-state index contributed by atoms with van der Waals surface area (Å²) in [5, 5.41) is 29.6. The van der Waals surface area contributed by atoms with E-state index in [2.05, 4.69) is 20.7 Å². The third-order valence-electron chi connectivity index (χ3n) is 4.81. The summed E-state index contributed by atoms with van der Waals surface area (Å²) in [4.78, 5) is 18.1. The molecule has 0 spiro atoms. The second kappa shape index (κ2) is 12.2. The van der Waals surface area contributed by atoms with Gasteiger partial charge in [0.1, 0.15) is 6.10 Å². The van der Waals surface area contributed by atoms with Crippen LogP contribution in [0.5, 0.6) is 0 Å². The molecular weight excluding hydrogens is 388 g/mol. The van der Waals surface area contributed by atoms with E-state index in [9.17, 15) is 15.0 Å². The van der Waals surface area contributed by atoms with Crippen molar-refractivity contribution < 1.29 is 19.7 Å². The van der Waals surface area contributed by atoms with Gasteiger partial charge in [-0.25, -0.2) is 4.79 Å². The zero-order valence-corrected chi connectivity index (χ0v) is 17.5. The number of anilines is 1. The number of nitrogens with two attached hydrogens (primary N) is 1. The van der Waals surface area contributed by atoms with Gasteiger partial charge < -0.3 is 31.4 Å². The first kappa shape index (κ1) is 23.7. The maximum atomic E-state index is 12.2. The number of hydrogen-bond acceptors (Lipinski definition) is 9. The number of aliphatic imine (C=N–C) groups is 1. The minimum Gasteiger partial charge on any atom is -0.442 e. The third kappa shape index (κ3) is 6.49. The van der Waals surface area contributed by atoms with Gasteiger partial charge in [-0.15, -0.1) is 0 Å². The first-order valence-electron chi connectivity index (χ1n) is 10.1. The van der Waals surface area contributed by atoms with Gasteiger partial charge in [0.15, 0.2) is 0 Å². The molecule has 0 radical (unpaired) electrons. The number of carbonyl (C=O) groups is 1. The van der Waals surface area contributed by atoms with E-state index < -0.39 is 18.2 Å². The van der Waals surface area contributed by atoms with Gasteiger partial charge >= 0.3 is 6.09 Å². The minimum absolute atomic E-state index is 0.178. The number of cyclic esters (lactones) is 1. The van der Waals surface area contributed by atoms with Crippen LogP contribution in [0.25, 0.3) is 0 Å². The van der Waals surface area contributed by atoms with Crippen LogP contribution in [-0.2, 0) is 4.74 Å². The van der Waals surface area contributed by atoms with Gasteiger partial charge in [-0.3, -0.25) is 9.89 Å². The number of carbonyl (C=O) groups excluding carboxylic acids is 1. The second-order valence-electron chi connectivity index (χ2n) is 6.97. The number of hydrazone groups is 1. The summed E-state index contributed by atoms with van der Waals surface area (Å²) in [5.74, 6) is 5.35. The summed E-state index contributed by atoms with van der Waals surface area (Å²) < 4.78 is 5.39. The number of likely N-dealkylation sites (N-methyl/N-ethyl adjacent to an activating group) is 1. The predicted molar refractivity (Wildman–Crippen MR) is 117 cm³/mol. The molecule has 0 aliphatic carbocycles. The quantitative estimate of drug-likeness (QED) is 0.182. The number of rotatable bonds is 12. The van der Waals surface area contributed by atoms with Gasteiger partial charge in [0, 0.05) is 24.9 Å². The zero-order valence-electron chi connectivity index (χ0n) is 17.5. The van der Waals surface area contributed by atoms with Crippen molar-refractivity contribution in [3.05, 3.63) is 29.8 Å². The number of aliphatic hydroxyl groups excluding tert-OH is 2. The summed E-state index contributed by atoms with van der Waals surface area (Å²) >= 11 is 0. The summed E-state index contributed by atoms with van der Waals surface area (Å²) in [6.07, 6.45) is 0.613. The van der Waals surface area contributed by atoms with E-state index in [1.807, 2.05) is 14.0 Å². The van der Waals surface area contributed by atoms with Crippen LogP contribution in [-0.4, -0.2) is 80.2 Å². The summed E-state index contributed by atoms with van der Waals surface area (Å²) in [6, 6.07) is 6.54. The molecular formula is C20H32N6O4. The van der Waals surface area contributed by atoms with E-state index >= 15 is 0 Å². The van der Waals surface area contributed by atoms with Crippen LogP contribution in [0.4, 0.5) is 10.5 Å². The molecule has 1 aliphatic heterocycles. The van der Waals surface area contributed by atoms with Crippen LogP contribution in [0, 0.1) is 0 Å². The standard InChI is InChI=1S/C20H32N6O4/c1-3-24-18(13-27)19(28)14-4-6-16(7-5-14)26-12-17(30-20(26)29)11-23-10-15(25-21)8-9-22-2/h4-7,10,17-19,22,24,27-28H,3,8-9,11-13,21H2,1-2H3. The molecule has 6 N–H and O–H groups in total. The van der Waals surface area contributed by atoms with Gasteiger partial charge in [-0.05, 0) is 31.3 Å². The van der Waals surface area contributed by atoms with E-state index in [0.29, 0.717) is 43.0 Å². The lowest BCUT2D eigenvalue weighted by Crippen LogP contribution is -2.37. The molecule has 10 heteroatoms. The molecule has 10 nitrogen and oxygen atoms in total. The van der Waals surface area contributed by atoms with Crippen LogP contribution < -0.4 is 21.4 Å². The average molecular weight is 421 g/mol. The van der Waals surface area contributed by atoms with Crippen LogP contribution in [0.15, 0.2) is 34.4 Å². The Balaban J connectivity index is 1.95. The smallest absolute Gasteiger partial charge is 0.414 e. The van der Waals surface area contributed by atoms with Gasteiger partial charge in [-0.1, -0.05) is 19.1 Å². The fraction of sp³-hybridized carbons (Fsp3) is 0.550. The predicted octanol–water partition coefficient (Wildman–Crippen LogP) is 0.0106. The highest BCUT2D eigenvalue weighted by Crippen LogP contribution is 2.25. The van der Waals surface area contributed by atoms with E-state index in [4.69, 9.17) is 10.6 Å². The molecule has 0 aromatic heterocycles. The van der Waals surface area contributed by atoms with E-state index in [1.165, 1.54) is 4.90 Å². The second-order valence-corrected chi connectivity index (χ2v) is 6.97. The number of ether oxygens (including phenoxy) is 1. The van der Waals surface area contributed by atoms with Crippen molar-refractivity contribution in [1.29, 1.82) is 0 Å². The third-order valence-corrected chi connectivity index (χ3v) is 4.81. The molecule has 3 unspecified atom stereocenters. The lowest BCUT2D eigenvalue weighted by Gasteiger charge is -2.22. The molecule has 1 heterocycles. The fourth-order valence-electron chi connectivity index (χ4n) is 3.14. The maximum absolute atomic E-state index is 12.2. The summed E-state index contributed by atoms with van der Waals surface area (Å²) in [5.41, 5.74) is 1.99. The molecule has 1 aromatic rings. The largest absolute Gasteiger partial charge is 0.442 e. The Labute approximate surface area is 176 Å². The van der Waals surface area contributed by atoms with Gasteiger partial charge in [0.25, 0.3) is 0 Å².